The molecule has 4 N–H and O–H groups in total. The molecule has 2 rings (SSSR count). The molecule has 0 radical (unpaired) electrons. The number of aliphatic carboxylic acids is 1. The van der Waals surface area contributed by atoms with Crippen molar-refractivity contribution >= 4 is 40.7 Å². The molecule has 5 nitrogen and oxygen atoms in total. The number of anilines is 1. The SMILES string of the molecule is C=C(Nc1ccc(Cl)c(Cl)c1)/C(C)=C(\N=C(N)C1CC1)C(=O)O. The number of nitrogens with zero attached hydrogens (tertiary/aromatic N) is 1. The van der Waals surface area contributed by atoms with Gasteiger partial charge in [0.15, 0.2) is 5.70 Å². The van der Waals surface area contributed by atoms with E-state index in [0.29, 0.717) is 32.8 Å². The number of aliphatic imine (C=N–C) groups is 1. The molecule has 0 spiro atoms. The highest BCUT2D eigenvalue weighted by molar-refractivity contribution is 6.42. The van der Waals surface area contributed by atoms with Crippen LogP contribution in [0.4, 0.5) is 5.69 Å². The van der Waals surface area contributed by atoms with Gasteiger partial charge in [0.2, 0.25) is 0 Å². The lowest BCUT2D eigenvalue weighted by molar-refractivity contribution is -0.132. The number of hydrogen-bond acceptors (Lipinski definition) is 3. The molecule has 0 saturated heterocycles. The average Bonchev–Trinajstić information content (AvgIpc) is 3.32. The minimum absolute atomic E-state index is 0.119. The summed E-state index contributed by atoms with van der Waals surface area (Å²) in [5.74, 6) is -0.610. The number of benzene rings is 1. The van der Waals surface area contributed by atoms with Crippen molar-refractivity contribution < 1.29 is 9.90 Å². The topological polar surface area (TPSA) is 87.7 Å². The predicted octanol–water partition coefficient (Wildman–Crippen LogP) is 4.04. The summed E-state index contributed by atoms with van der Waals surface area (Å²) in [5, 5.41) is 13.2. The van der Waals surface area contributed by atoms with Gasteiger partial charge in [0.25, 0.3) is 0 Å². The Hall–Kier alpha value is -1.98. The Balaban J connectivity index is 2.24. The molecule has 122 valence electrons. The predicted molar refractivity (Wildman–Crippen MR) is 93.9 cm³/mol. The Morgan fingerprint density at radius 2 is 2.04 bits per heavy atom. The lowest BCUT2D eigenvalue weighted by Gasteiger charge is -2.12. The summed E-state index contributed by atoms with van der Waals surface area (Å²) in [7, 11) is 0. The quantitative estimate of drug-likeness (QED) is 0.311. The van der Waals surface area contributed by atoms with E-state index < -0.39 is 5.97 Å². The number of halogens is 2. The standard InChI is InChI=1S/C16H17Cl2N3O2/c1-8(14(16(22)23)21-15(19)10-3-4-10)9(2)20-11-5-6-12(17)13(18)7-11/h5-7,10,20H,2-4H2,1H3,(H2,19,21)(H,22,23)/b14-8-. The van der Waals surface area contributed by atoms with Crippen molar-refractivity contribution in [3.8, 4) is 0 Å². The molecule has 0 aliphatic heterocycles. The van der Waals surface area contributed by atoms with E-state index in [1.54, 1.807) is 25.1 Å². The number of carboxylic acids is 1. The van der Waals surface area contributed by atoms with Crippen molar-refractivity contribution in [2.24, 2.45) is 16.6 Å². The van der Waals surface area contributed by atoms with E-state index >= 15 is 0 Å². The molecule has 0 bridgehead atoms. The molecule has 1 aliphatic carbocycles. The van der Waals surface area contributed by atoms with Crippen molar-refractivity contribution in [1.82, 2.24) is 0 Å². The molecule has 1 aromatic rings. The molecule has 1 fully saturated rings. The molecule has 0 aromatic heterocycles. The number of rotatable bonds is 6. The second kappa shape index (κ2) is 7.06. The third-order valence-electron chi connectivity index (χ3n) is 3.46. The second-order valence-corrected chi connectivity index (χ2v) is 6.14. The normalized spacial score (nSPS) is 15.9. The van der Waals surface area contributed by atoms with Crippen LogP contribution < -0.4 is 11.1 Å². The van der Waals surface area contributed by atoms with Crippen LogP contribution in [-0.2, 0) is 4.79 Å². The first-order valence-electron chi connectivity index (χ1n) is 6.99. The largest absolute Gasteiger partial charge is 0.477 e. The summed E-state index contributed by atoms with van der Waals surface area (Å²) in [6, 6.07) is 4.99. The van der Waals surface area contributed by atoms with E-state index in [0.717, 1.165) is 12.8 Å². The molecule has 0 unspecified atom stereocenters. The number of nitrogens with one attached hydrogen (secondary N) is 1. The van der Waals surface area contributed by atoms with E-state index in [1.807, 2.05) is 0 Å². The van der Waals surface area contributed by atoms with Gasteiger partial charge in [-0.15, -0.1) is 0 Å². The maximum absolute atomic E-state index is 11.4. The van der Waals surface area contributed by atoms with Crippen LogP contribution in [0.25, 0.3) is 0 Å². The lowest BCUT2D eigenvalue weighted by atomic mass is 10.1. The monoisotopic (exact) mass is 353 g/mol. The molecule has 1 aliphatic rings. The first kappa shape index (κ1) is 17.4. The Morgan fingerprint density at radius 1 is 1.39 bits per heavy atom. The van der Waals surface area contributed by atoms with Crippen LogP contribution in [0.1, 0.15) is 19.8 Å². The third kappa shape index (κ3) is 4.50. The van der Waals surface area contributed by atoms with Gasteiger partial charge >= 0.3 is 5.97 Å². The van der Waals surface area contributed by atoms with Crippen molar-refractivity contribution in [2.75, 3.05) is 5.32 Å². The number of allylic oxidation sites excluding steroid dienone is 1. The van der Waals surface area contributed by atoms with Crippen LogP contribution in [-0.4, -0.2) is 16.9 Å². The van der Waals surface area contributed by atoms with E-state index in [4.69, 9.17) is 28.9 Å². The molecular weight excluding hydrogens is 337 g/mol. The van der Waals surface area contributed by atoms with Gasteiger partial charge in [-0.2, -0.15) is 0 Å². The molecule has 0 atom stereocenters. The lowest BCUT2D eigenvalue weighted by Crippen LogP contribution is -2.17. The zero-order valence-corrected chi connectivity index (χ0v) is 14.1. The fraction of sp³-hybridized carbons (Fsp3) is 0.250. The van der Waals surface area contributed by atoms with E-state index in [1.165, 1.54) is 0 Å². The summed E-state index contributed by atoms with van der Waals surface area (Å²) < 4.78 is 0. The highest BCUT2D eigenvalue weighted by Gasteiger charge is 2.26. The number of carboxylic acid groups (broad SMARTS) is 1. The van der Waals surface area contributed by atoms with Gasteiger partial charge in [-0.05, 0) is 38.0 Å². The van der Waals surface area contributed by atoms with Crippen LogP contribution in [0.2, 0.25) is 10.0 Å². The van der Waals surface area contributed by atoms with Gasteiger partial charge in [-0.25, -0.2) is 9.79 Å². The van der Waals surface area contributed by atoms with Crippen molar-refractivity contribution in [3.05, 3.63) is 51.8 Å². The Bertz CT molecular complexity index is 722. The van der Waals surface area contributed by atoms with Crippen molar-refractivity contribution in [2.45, 2.75) is 19.8 Å². The number of nitrogens with two attached hydrogens (primary N) is 1. The summed E-state index contributed by atoms with van der Waals surface area (Å²) in [4.78, 5) is 15.5. The minimum atomic E-state index is -1.15. The second-order valence-electron chi connectivity index (χ2n) is 5.32. The first-order chi connectivity index (χ1) is 10.8. The summed E-state index contributed by atoms with van der Waals surface area (Å²) in [5.41, 5.74) is 7.13. The molecular formula is C16H17Cl2N3O2. The Kier molecular flexibility index (Phi) is 5.34. The van der Waals surface area contributed by atoms with Gasteiger partial charge in [-0.1, -0.05) is 29.8 Å². The fourth-order valence-electron chi connectivity index (χ4n) is 1.88. The minimum Gasteiger partial charge on any atom is -0.477 e. The zero-order valence-electron chi connectivity index (χ0n) is 12.6. The number of amidine groups is 1. The highest BCUT2D eigenvalue weighted by atomic mass is 35.5. The van der Waals surface area contributed by atoms with E-state index in [2.05, 4.69) is 16.9 Å². The van der Waals surface area contributed by atoms with Crippen LogP contribution in [0.3, 0.4) is 0 Å². The van der Waals surface area contributed by atoms with Gasteiger partial charge in [0.1, 0.15) is 5.84 Å². The van der Waals surface area contributed by atoms with Crippen LogP contribution >= 0.6 is 23.2 Å². The van der Waals surface area contributed by atoms with E-state index in [-0.39, 0.29) is 11.6 Å². The van der Waals surface area contributed by atoms with Crippen molar-refractivity contribution in [3.63, 3.8) is 0 Å². The maximum Gasteiger partial charge on any atom is 0.354 e. The Morgan fingerprint density at radius 3 is 2.57 bits per heavy atom. The highest BCUT2D eigenvalue weighted by Crippen LogP contribution is 2.30. The van der Waals surface area contributed by atoms with Crippen LogP contribution in [0, 0.1) is 5.92 Å². The number of carbonyl (C=O) groups is 1. The van der Waals surface area contributed by atoms with Gasteiger partial charge < -0.3 is 16.2 Å². The van der Waals surface area contributed by atoms with Gasteiger partial charge in [0.05, 0.1) is 10.0 Å². The molecule has 7 heteroatoms. The average molecular weight is 354 g/mol. The molecule has 0 amide bonds. The molecule has 0 heterocycles. The maximum atomic E-state index is 11.4. The fourth-order valence-corrected chi connectivity index (χ4v) is 2.17. The molecule has 23 heavy (non-hydrogen) atoms. The summed E-state index contributed by atoms with van der Waals surface area (Å²) in [6.07, 6.45) is 1.90. The van der Waals surface area contributed by atoms with Gasteiger partial charge in [0, 0.05) is 22.9 Å². The first-order valence-corrected chi connectivity index (χ1v) is 7.74. The third-order valence-corrected chi connectivity index (χ3v) is 4.20. The van der Waals surface area contributed by atoms with Crippen LogP contribution in [0.15, 0.2) is 46.7 Å². The number of hydrogen-bond donors (Lipinski definition) is 3. The summed E-state index contributed by atoms with van der Waals surface area (Å²) in [6.45, 7) is 5.48. The molecule has 1 saturated carbocycles. The smallest absolute Gasteiger partial charge is 0.354 e. The zero-order chi connectivity index (χ0) is 17.1. The molecule has 1 aromatic carbocycles. The van der Waals surface area contributed by atoms with Crippen molar-refractivity contribution in [1.29, 1.82) is 0 Å². The Labute approximate surface area is 144 Å². The van der Waals surface area contributed by atoms with Gasteiger partial charge in [-0.3, -0.25) is 0 Å². The summed E-state index contributed by atoms with van der Waals surface area (Å²) >= 11 is 11.8. The van der Waals surface area contributed by atoms with E-state index in [9.17, 15) is 9.90 Å². The van der Waals surface area contributed by atoms with Crippen LogP contribution in [0.5, 0.6) is 0 Å².